The van der Waals surface area contributed by atoms with Crippen LogP contribution in [-0.4, -0.2) is 58.9 Å². The summed E-state index contributed by atoms with van der Waals surface area (Å²) in [4.78, 5) is 16.2. The first-order valence-electron chi connectivity index (χ1n) is 8.65. The SMILES string of the molecule is CCOCCCCNC(=NC)NCCNC(=O)c1cccc(OC)c1.I. The number of carbonyl (C=O) groups is 1. The molecule has 0 spiro atoms. The minimum absolute atomic E-state index is 0. The molecule has 26 heavy (non-hydrogen) atoms. The number of amides is 1. The molecule has 0 saturated heterocycles. The third-order valence-corrected chi connectivity index (χ3v) is 3.47. The Morgan fingerprint density at radius 2 is 1.85 bits per heavy atom. The standard InChI is InChI=1S/C18H30N4O3.HI/c1-4-25-13-6-5-10-21-18(19-2)22-12-11-20-17(23)15-8-7-9-16(14-15)24-3;/h7-9,14H,4-6,10-13H2,1-3H3,(H,20,23)(H2,19,21,22);1H. The van der Waals surface area contributed by atoms with Crippen molar-refractivity contribution in [3.8, 4) is 5.75 Å². The number of ether oxygens (including phenoxy) is 2. The maximum absolute atomic E-state index is 12.1. The van der Waals surface area contributed by atoms with Crippen LogP contribution in [0.5, 0.6) is 5.75 Å². The van der Waals surface area contributed by atoms with Crippen molar-refractivity contribution >= 4 is 35.8 Å². The van der Waals surface area contributed by atoms with Gasteiger partial charge in [-0.25, -0.2) is 0 Å². The lowest BCUT2D eigenvalue weighted by Gasteiger charge is -2.12. The second-order valence-electron chi connectivity index (χ2n) is 5.32. The number of unbranched alkanes of at least 4 members (excludes halogenated alkanes) is 1. The van der Waals surface area contributed by atoms with E-state index in [2.05, 4.69) is 20.9 Å². The first-order valence-corrected chi connectivity index (χ1v) is 8.65. The van der Waals surface area contributed by atoms with Crippen LogP contribution in [0.25, 0.3) is 0 Å². The van der Waals surface area contributed by atoms with Crippen LogP contribution in [0, 0.1) is 0 Å². The first-order chi connectivity index (χ1) is 12.2. The zero-order chi connectivity index (χ0) is 18.3. The summed E-state index contributed by atoms with van der Waals surface area (Å²) < 4.78 is 10.4. The van der Waals surface area contributed by atoms with Gasteiger partial charge < -0.3 is 25.4 Å². The summed E-state index contributed by atoms with van der Waals surface area (Å²) in [5, 5.41) is 9.27. The molecule has 0 saturated carbocycles. The zero-order valence-electron chi connectivity index (χ0n) is 15.8. The number of aliphatic imine (C=N–C) groups is 1. The average Bonchev–Trinajstić information content (AvgIpc) is 2.65. The number of rotatable bonds is 11. The number of nitrogens with zero attached hydrogens (tertiary/aromatic N) is 1. The van der Waals surface area contributed by atoms with Gasteiger partial charge in [-0.3, -0.25) is 9.79 Å². The van der Waals surface area contributed by atoms with E-state index in [1.165, 1.54) is 0 Å². The van der Waals surface area contributed by atoms with Crippen LogP contribution in [0.3, 0.4) is 0 Å². The number of hydrogen-bond donors (Lipinski definition) is 3. The van der Waals surface area contributed by atoms with Gasteiger partial charge in [-0.05, 0) is 38.0 Å². The molecule has 1 aromatic carbocycles. The highest BCUT2D eigenvalue weighted by Gasteiger charge is 2.05. The normalized spacial score (nSPS) is 10.7. The lowest BCUT2D eigenvalue weighted by atomic mass is 10.2. The molecule has 0 bridgehead atoms. The molecular weight excluding hydrogens is 447 g/mol. The summed E-state index contributed by atoms with van der Waals surface area (Å²) >= 11 is 0. The summed E-state index contributed by atoms with van der Waals surface area (Å²) in [6.07, 6.45) is 2.04. The molecule has 0 atom stereocenters. The van der Waals surface area contributed by atoms with Crippen LogP contribution < -0.4 is 20.7 Å². The maximum atomic E-state index is 12.1. The van der Waals surface area contributed by atoms with E-state index in [0.717, 1.165) is 38.6 Å². The number of halogens is 1. The van der Waals surface area contributed by atoms with Crippen molar-refractivity contribution < 1.29 is 14.3 Å². The summed E-state index contributed by atoms with van der Waals surface area (Å²) in [6.45, 7) is 5.48. The fourth-order valence-corrected chi connectivity index (χ4v) is 2.12. The van der Waals surface area contributed by atoms with Gasteiger partial charge in [-0.2, -0.15) is 0 Å². The molecule has 1 rings (SSSR count). The van der Waals surface area contributed by atoms with Crippen LogP contribution in [0.1, 0.15) is 30.1 Å². The van der Waals surface area contributed by atoms with Crippen LogP contribution in [0.15, 0.2) is 29.3 Å². The first kappa shape index (κ1) is 24.5. The van der Waals surface area contributed by atoms with Gasteiger partial charge in [0, 0.05) is 45.5 Å². The van der Waals surface area contributed by atoms with Crippen LogP contribution in [0.4, 0.5) is 0 Å². The van der Waals surface area contributed by atoms with Crippen molar-refractivity contribution in [2.75, 3.05) is 47.0 Å². The van der Waals surface area contributed by atoms with Crippen molar-refractivity contribution in [2.24, 2.45) is 4.99 Å². The Labute approximate surface area is 173 Å². The van der Waals surface area contributed by atoms with Gasteiger partial charge in [-0.1, -0.05) is 6.07 Å². The van der Waals surface area contributed by atoms with Crippen LogP contribution >= 0.6 is 24.0 Å². The number of hydrogen-bond acceptors (Lipinski definition) is 4. The van der Waals surface area contributed by atoms with E-state index in [0.29, 0.717) is 24.4 Å². The van der Waals surface area contributed by atoms with Gasteiger partial charge in [0.2, 0.25) is 0 Å². The van der Waals surface area contributed by atoms with E-state index >= 15 is 0 Å². The van der Waals surface area contributed by atoms with E-state index in [-0.39, 0.29) is 29.9 Å². The van der Waals surface area contributed by atoms with Crippen molar-refractivity contribution in [3.63, 3.8) is 0 Å². The molecule has 8 heteroatoms. The van der Waals surface area contributed by atoms with Crippen LogP contribution in [-0.2, 0) is 4.74 Å². The molecule has 7 nitrogen and oxygen atoms in total. The molecular formula is C18H31IN4O3. The smallest absolute Gasteiger partial charge is 0.251 e. The summed E-state index contributed by atoms with van der Waals surface area (Å²) in [7, 11) is 3.31. The van der Waals surface area contributed by atoms with Gasteiger partial charge in [0.15, 0.2) is 5.96 Å². The Bertz CT molecular complexity index is 541. The van der Waals surface area contributed by atoms with Gasteiger partial charge in [0.05, 0.1) is 7.11 Å². The van der Waals surface area contributed by atoms with E-state index < -0.39 is 0 Å². The fraction of sp³-hybridized carbons (Fsp3) is 0.556. The molecule has 148 valence electrons. The quantitative estimate of drug-likeness (QED) is 0.196. The average molecular weight is 478 g/mol. The third kappa shape index (κ3) is 10.4. The van der Waals surface area contributed by atoms with E-state index in [1.807, 2.05) is 13.0 Å². The molecule has 0 aliphatic carbocycles. The topological polar surface area (TPSA) is 84.0 Å². The summed E-state index contributed by atoms with van der Waals surface area (Å²) in [6, 6.07) is 7.07. The number of carbonyl (C=O) groups excluding carboxylic acids is 1. The van der Waals surface area contributed by atoms with Gasteiger partial charge >= 0.3 is 0 Å². The van der Waals surface area contributed by atoms with Crippen LogP contribution in [0.2, 0.25) is 0 Å². The predicted octanol–water partition coefficient (Wildman–Crippen LogP) is 2.02. The molecule has 1 aromatic rings. The number of methoxy groups -OCH3 is 1. The molecule has 0 radical (unpaired) electrons. The Balaban J connectivity index is 0.00000625. The molecule has 0 heterocycles. The minimum Gasteiger partial charge on any atom is -0.497 e. The second-order valence-corrected chi connectivity index (χ2v) is 5.32. The summed E-state index contributed by atoms with van der Waals surface area (Å²) in [5.74, 6) is 1.27. The van der Waals surface area contributed by atoms with E-state index in [4.69, 9.17) is 9.47 Å². The number of guanidine groups is 1. The highest BCUT2D eigenvalue weighted by atomic mass is 127. The lowest BCUT2D eigenvalue weighted by molar-refractivity contribution is 0.0954. The Morgan fingerprint density at radius 3 is 2.54 bits per heavy atom. The lowest BCUT2D eigenvalue weighted by Crippen LogP contribution is -2.41. The highest BCUT2D eigenvalue weighted by molar-refractivity contribution is 14.0. The largest absolute Gasteiger partial charge is 0.497 e. The molecule has 3 N–H and O–H groups in total. The van der Waals surface area contributed by atoms with Gasteiger partial charge in [0.25, 0.3) is 5.91 Å². The van der Waals surface area contributed by atoms with E-state index in [9.17, 15) is 4.79 Å². The van der Waals surface area contributed by atoms with Gasteiger partial charge in [0.1, 0.15) is 5.75 Å². The minimum atomic E-state index is -0.125. The van der Waals surface area contributed by atoms with E-state index in [1.54, 1.807) is 32.4 Å². The van der Waals surface area contributed by atoms with Crippen molar-refractivity contribution in [1.29, 1.82) is 0 Å². The summed E-state index contributed by atoms with van der Waals surface area (Å²) in [5.41, 5.74) is 0.580. The molecule has 0 fully saturated rings. The molecule has 0 aliphatic heterocycles. The monoisotopic (exact) mass is 478 g/mol. The fourth-order valence-electron chi connectivity index (χ4n) is 2.12. The number of benzene rings is 1. The molecule has 0 unspecified atom stereocenters. The molecule has 0 aliphatic rings. The highest BCUT2D eigenvalue weighted by Crippen LogP contribution is 2.12. The number of nitrogens with one attached hydrogen (secondary N) is 3. The van der Waals surface area contributed by atoms with Gasteiger partial charge in [-0.15, -0.1) is 24.0 Å². The Morgan fingerprint density at radius 1 is 1.12 bits per heavy atom. The Kier molecular flexibility index (Phi) is 14.8. The van der Waals surface area contributed by atoms with Crippen molar-refractivity contribution in [1.82, 2.24) is 16.0 Å². The Hall–Kier alpha value is -1.55. The second kappa shape index (κ2) is 15.7. The molecule has 0 aromatic heterocycles. The molecule has 1 amide bonds. The third-order valence-electron chi connectivity index (χ3n) is 3.47. The van der Waals surface area contributed by atoms with Crippen molar-refractivity contribution in [3.05, 3.63) is 29.8 Å². The van der Waals surface area contributed by atoms with Crippen molar-refractivity contribution in [2.45, 2.75) is 19.8 Å². The predicted molar refractivity (Wildman–Crippen MR) is 116 cm³/mol. The maximum Gasteiger partial charge on any atom is 0.251 e. The zero-order valence-corrected chi connectivity index (χ0v) is 18.2.